The molecular formula is C13H22N4O. The van der Waals surface area contributed by atoms with Crippen molar-refractivity contribution in [2.45, 2.75) is 45.1 Å². The third-order valence-electron chi connectivity index (χ3n) is 2.60. The van der Waals surface area contributed by atoms with Crippen LogP contribution in [-0.2, 0) is 11.2 Å². The number of aryl methyl sites for hydroxylation is 1. The Hall–Kier alpha value is -1.38. The first-order valence-electron chi connectivity index (χ1n) is 6.40. The third kappa shape index (κ3) is 7.05. The van der Waals surface area contributed by atoms with E-state index in [1.54, 1.807) is 6.20 Å². The van der Waals surface area contributed by atoms with Gasteiger partial charge in [0.1, 0.15) is 0 Å². The first-order chi connectivity index (χ1) is 8.83. The number of nitrogens with zero attached hydrogens (tertiary/aromatic N) is 2. The maximum atomic E-state index is 5.95. The van der Waals surface area contributed by atoms with Gasteiger partial charge in [0.2, 0.25) is 0 Å². The standard InChI is InChI=1S/C13H22N4O/c1-2-3-6-9-18-11-12(14)7-4-5-8-13-10-15-17-16-13/h10,12H,4-9,11,14H2,1H3,(H,15,16,17). The number of rotatable bonds is 9. The first-order valence-corrected chi connectivity index (χ1v) is 6.40. The molecule has 5 heteroatoms. The normalized spacial score (nSPS) is 11.9. The molecule has 0 bridgehead atoms. The van der Waals surface area contributed by atoms with E-state index in [4.69, 9.17) is 10.5 Å². The van der Waals surface area contributed by atoms with Gasteiger partial charge in [-0.3, -0.25) is 0 Å². The largest absolute Gasteiger partial charge is 0.379 e. The van der Waals surface area contributed by atoms with Crippen LogP contribution in [0.4, 0.5) is 0 Å². The molecule has 0 spiro atoms. The summed E-state index contributed by atoms with van der Waals surface area (Å²) in [6.45, 7) is 3.13. The molecule has 1 unspecified atom stereocenters. The predicted molar refractivity (Wildman–Crippen MR) is 70.8 cm³/mol. The van der Waals surface area contributed by atoms with Gasteiger partial charge in [-0.15, -0.1) is 11.8 Å². The highest BCUT2D eigenvalue weighted by molar-refractivity contribution is 4.94. The molecule has 100 valence electrons. The summed E-state index contributed by atoms with van der Waals surface area (Å²) in [5, 5.41) is 10.4. The maximum Gasteiger partial charge on any atom is 0.0824 e. The zero-order valence-corrected chi connectivity index (χ0v) is 11.0. The van der Waals surface area contributed by atoms with Crippen LogP contribution in [0, 0.1) is 11.8 Å². The molecule has 0 aliphatic heterocycles. The average molecular weight is 250 g/mol. The fourth-order valence-electron chi connectivity index (χ4n) is 1.62. The predicted octanol–water partition coefficient (Wildman–Crippen LogP) is 1.27. The number of ether oxygens (including phenoxy) is 1. The van der Waals surface area contributed by atoms with Crippen molar-refractivity contribution in [2.24, 2.45) is 5.73 Å². The second kappa shape index (κ2) is 9.63. The SMILES string of the molecule is CC#CCCOCC(N)CCCCc1cn[nH]n1. The zero-order chi connectivity index (χ0) is 13.1. The molecule has 1 rings (SSSR count). The van der Waals surface area contributed by atoms with Crippen LogP contribution in [0.1, 0.15) is 38.3 Å². The number of nitrogens with one attached hydrogen (secondary N) is 1. The highest BCUT2D eigenvalue weighted by Crippen LogP contribution is 2.04. The Kier molecular flexibility index (Phi) is 7.85. The summed E-state index contributed by atoms with van der Waals surface area (Å²) in [7, 11) is 0. The topological polar surface area (TPSA) is 76.8 Å². The van der Waals surface area contributed by atoms with E-state index in [2.05, 4.69) is 27.3 Å². The maximum absolute atomic E-state index is 5.95. The lowest BCUT2D eigenvalue weighted by Gasteiger charge is -2.11. The van der Waals surface area contributed by atoms with Crippen LogP contribution in [-0.4, -0.2) is 34.7 Å². The van der Waals surface area contributed by atoms with E-state index in [-0.39, 0.29) is 6.04 Å². The molecule has 1 aromatic heterocycles. The second-order valence-electron chi connectivity index (χ2n) is 4.22. The van der Waals surface area contributed by atoms with Crippen LogP contribution in [0.3, 0.4) is 0 Å². The minimum Gasteiger partial charge on any atom is -0.379 e. The molecule has 0 amide bonds. The number of aromatic amines is 1. The fourth-order valence-corrected chi connectivity index (χ4v) is 1.62. The molecule has 1 atom stereocenters. The first kappa shape index (κ1) is 14.7. The molecule has 1 aromatic rings. The smallest absolute Gasteiger partial charge is 0.0824 e. The lowest BCUT2D eigenvalue weighted by atomic mass is 10.1. The van der Waals surface area contributed by atoms with Crippen LogP contribution >= 0.6 is 0 Å². The summed E-state index contributed by atoms with van der Waals surface area (Å²) in [5.41, 5.74) is 6.96. The molecule has 0 radical (unpaired) electrons. The van der Waals surface area contributed by atoms with Crippen LogP contribution in [0.2, 0.25) is 0 Å². The van der Waals surface area contributed by atoms with Gasteiger partial charge in [0.15, 0.2) is 0 Å². The van der Waals surface area contributed by atoms with E-state index in [9.17, 15) is 0 Å². The van der Waals surface area contributed by atoms with E-state index >= 15 is 0 Å². The van der Waals surface area contributed by atoms with Gasteiger partial charge in [-0.05, 0) is 26.2 Å². The quantitative estimate of drug-likeness (QED) is 0.511. The van der Waals surface area contributed by atoms with Gasteiger partial charge in [0.05, 0.1) is 25.1 Å². The summed E-state index contributed by atoms with van der Waals surface area (Å²) in [5.74, 6) is 5.79. The van der Waals surface area contributed by atoms with Gasteiger partial charge in [-0.1, -0.05) is 6.42 Å². The zero-order valence-electron chi connectivity index (χ0n) is 11.0. The Labute approximate surface area is 108 Å². The van der Waals surface area contributed by atoms with Crippen molar-refractivity contribution in [3.8, 4) is 11.8 Å². The molecule has 0 aliphatic carbocycles. The van der Waals surface area contributed by atoms with E-state index in [1.165, 1.54) is 0 Å². The van der Waals surface area contributed by atoms with Gasteiger partial charge < -0.3 is 10.5 Å². The van der Waals surface area contributed by atoms with Gasteiger partial charge >= 0.3 is 0 Å². The Morgan fingerprint density at radius 3 is 3.11 bits per heavy atom. The van der Waals surface area contributed by atoms with E-state index < -0.39 is 0 Å². The van der Waals surface area contributed by atoms with Crippen molar-refractivity contribution in [3.63, 3.8) is 0 Å². The fraction of sp³-hybridized carbons (Fsp3) is 0.692. The van der Waals surface area contributed by atoms with E-state index in [0.29, 0.717) is 13.2 Å². The molecule has 0 saturated carbocycles. The van der Waals surface area contributed by atoms with Gasteiger partial charge in [-0.2, -0.15) is 15.4 Å². The van der Waals surface area contributed by atoms with Crippen LogP contribution in [0.5, 0.6) is 0 Å². The van der Waals surface area contributed by atoms with Crippen molar-refractivity contribution in [2.75, 3.05) is 13.2 Å². The number of H-pyrrole nitrogens is 1. The van der Waals surface area contributed by atoms with Gasteiger partial charge in [0, 0.05) is 12.5 Å². The molecule has 0 saturated heterocycles. The van der Waals surface area contributed by atoms with Crippen molar-refractivity contribution in [3.05, 3.63) is 11.9 Å². The second-order valence-corrected chi connectivity index (χ2v) is 4.22. The molecule has 18 heavy (non-hydrogen) atoms. The van der Waals surface area contributed by atoms with Crippen molar-refractivity contribution in [1.29, 1.82) is 0 Å². The Bertz CT molecular complexity index is 353. The highest BCUT2D eigenvalue weighted by Gasteiger charge is 2.03. The monoisotopic (exact) mass is 250 g/mol. The number of aromatic nitrogens is 3. The van der Waals surface area contributed by atoms with Crippen molar-refractivity contribution < 1.29 is 4.74 Å². The van der Waals surface area contributed by atoms with Crippen LogP contribution in [0.15, 0.2) is 6.20 Å². The molecule has 0 aliphatic rings. The molecule has 1 heterocycles. The molecular weight excluding hydrogens is 228 g/mol. The summed E-state index contributed by atoms with van der Waals surface area (Å²) < 4.78 is 5.45. The summed E-state index contributed by atoms with van der Waals surface area (Å²) in [6, 6.07) is 0.122. The van der Waals surface area contributed by atoms with Crippen molar-refractivity contribution >= 4 is 0 Å². The number of nitrogens with two attached hydrogens (primary N) is 1. The summed E-state index contributed by atoms with van der Waals surface area (Å²) in [4.78, 5) is 0. The average Bonchev–Trinajstić information content (AvgIpc) is 2.87. The summed E-state index contributed by atoms with van der Waals surface area (Å²) >= 11 is 0. The highest BCUT2D eigenvalue weighted by atomic mass is 16.5. The molecule has 5 nitrogen and oxygen atoms in total. The minimum atomic E-state index is 0.122. The summed E-state index contributed by atoms with van der Waals surface area (Å²) in [6.07, 6.45) is 6.66. The van der Waals surface area contributed by atoms with Crippen LogP contribution in [0.25, 0.3) is 0 Å². The number of unbranched alkanes of at least 4 members (excludes halogenated alkanes) is 1. The Balaban J connectivity index is 1.92. The van der Waals surface area contributed by atoms with E-state index in [0.717, 1.165) is 37.8 Å². The lowest BCUT2D eigenvalue weighted by molar-refractivity contribution is 0.123. The Morgan fingerprint density at radius 1 is 1.50 bits per heavy atom. The van der Waals surface area contributed by atoms with Crippen molar-refractivity contribution in [1.82, 2.24) is 15.4 Å². The minimum absolute atomic E-state index is 0.122. The van der Waals surface area contributed by atoms with Gasteiger partial charge in [0.25, 0.3) is 0 Å². The lowest BCUT2D eigenvalue weighted by Crippen LogP contribution is -2.26. The van der Waals surface area contributed by atoms with Gasteiger partial charge in [-0.25, -0.2) is 0 Å². The Morgan fingerprint density at radius 2 is 2.39 bits per heavy atom. The third-order valence-corrected chi connectivity index (χ3v) is 2.60. The number of hydrogen-bond acceptors (Lipinski definition) is 4. The van der Waals surface area contributed by atoms with E-state index in [1.807, 2.05) is 6.92 Å². The molecule has 3 N–H and O–H groups in total. The molecule has 0 fully saturated rings. The number of hydrogen-bond donors (Lipinski definition) is 2. The van der Waals surface area contributed by atoms with Crippen LogP contribution < -0.4 is 5.73 Å². The molecule has 0 aromatic carbocycles.